The predicted octanol–water partition coefficient (Wildman–Crippen LogP) is 6.35. The molecular weight excluding hydrogens is 458 g/mol. The second-order valence-corrected chi connectivity index (χ2v) is 10.3. The Kier molecular flexibility index (Phi) is 6.38. The summed E-state index contributed by atoms with van der Waals surface area (Å²) >= 11 is 0. The molecule has 0 spiro atoms. The normalized spacial score (nSPS) is 19.8. The molecule has 0 unspecified atom stereocenters. The Labute approximate surface area is 202 Å². The summed E-state index contributed by atoms with van der Waals surface area (Å²) in [7, 11) is 2.06. The third kappa shape index (κ3) is 5.09. The first-order valence-corrected chi connectivity index (χ1v) is 12.3. The largest absolute Gasteiger partial charge is 0.416 e. The Morgan fingerprint density at radius 3 is 2.43 bits per heavy atom. The first-order valence-electron chi connectivity index (χ1n) is 12.3. The molecule has 5 rings (SSSR count). The molecule has 2 aliphatic rings. The highest BCUT2D eigenvalue weighted by atomic mass is 19.4. The Hall–Kier alpha value is -2.45. The van der Waals surface area contributed by atoms with Gasteiger partial charge in [0.05, 0.1) is 35.6 Å². The Morgan fingerprint density at radius 1 is 1.11 bits per heavy atom. The summed E-state index contributed by atoms with van der Waals surface area (Å²) < 4.78 is 63.2. The zero-order valence-electron chi connectivity index (χ0n) is 20.1. The maximum atomic E-state index is 13.8. The van der Waals surface area contributed by atoms with Gasteiger partial charge >= 0.3 is 6.18 Å². The lowest BCUT2D eigenvalue weighted by molar-refractivity contribution is -0.137. The van der Waals surface area contributed by atoms with Gasteiger partial charge in [-0.05, 0) is 88.5 Å². The molecule has 0 bridgehead atoms. The molecule has 0 radical (unpaired) electrons. The van der Waals surface area contributed by atoms with Crippen LogP contribution in [0.4, 0.5) is 17.6 Å². The monoisotopic (exact) mass is 489 g/mol. The standard InChI is InChI=1S/C27H31F4N3O/c1-18(35-16-26(9-11-33(2)12-10-26)20-5-7-22(28)8-6-20)23-13-21(27(29,30)31)14-24-25(23)32-17-34(24)15-19-3-4-19/h5-8,13-14,17-19H,3-4,9-12,15-16H2,1-2H3/t18-/m1/s1. The number of aromatic nitrogens is 2. The summed E-state index contributed by atoms with van der Waals surface area (Å²) in [5, 5.41) is 0. The van der Waals surface area contributed by atoms with Crippen LogP contribution in [0.25, 0.3) is 11.0 Å². The van der Waals surface area contributed by atoms with Gasteiger partial charge in [0.1, 0.15) is 5.82 Å². The van der Waals surface area contributed by atoms with Crippen molar-refractivity contribution in [2.75, 3.05) is 26.7 Å². The fourth-order valence-corrected chi connectivity index (χ4v) is 5.13. The molecule has 3 aromatic rings. The summed E-state index contributed by atoms with van der Waals surface area (Å²) in [5.74, 6) is 0.221. The molecule has 1 aliphatic carbocycles. The first kappa shape index (κ1) is 24.3. The topological polar surface area (TPSA) is 30.3 Å². The third-order valence-electron chi connectivity index (χ3n) is 7.68. The van der Waals surface area contributed by atoms with Crippen LogP contribution in [-0.2, 0) is 22.9 Å². The lowest BCUT2D eigenvalue weighted by Crippen LogP contribution is -2.44. The molecule has 4 nitrogen and oxygen atoms in total. The van der Waals surface area contributed by atoms with Gasteiger partial charge in [0, 0.05) is 17.5 Å². The van der Waals surface area contributed by atoms with E-state index in [9.17, 15) is 17.6 Å². The summed E-state index contributed by atoms with van der Waals surface area (Å²) in [5.41, 5.74) is 1.52. The van der Waals surface area contributed by atoms with Crippen LogP contribution >= 0.6 is 0 Å². The Morgan fingerprint density at radius 2 is 1.80 bits per heavy atom. The fraction of sp³-hybridized carbons (Fsp3) is 0.519. The fourth-order valence-electron chi connectivity index (χ4n) is 5.13. The Balaban J connectivity index is 1.45. The number of piperidine rings is 1. The number of hydrogen-bond acceptors (Lipinski definition) is 3. The van der Waals surface area contributed by atoms with E-state index >= 15 is 0 Å². The van der Waals surface area contributed by atoms with E-state index in [1.807, 2.05) is 4.57 Å². The number of alkyl halides is 3. The smallest absolute Gasteiger partial charge is 0.373 e. The maximum absolute atomic E-state index is 13.8. The second kappa shape index (κ2) is 9.21. The molecule has 2 aromatic carbocycles. The van der Waals surface area contributed by atoms with Crippen molar-refractivity contribution in [3.63, 3.8) is 0 Å². The number of likely N-dealkylation sites (tertiary alicyclic amines) is 1. The quantitative estimate of drug-likeness (QED) is 0.363. The van der Waals surface area contributed by atoms with Gasteiger partial charge in [0.15, 0.2) is 0 Å². The van der Waals surface area contributed by atoms with E-state index in [2.05, 4.69) is 16.9 Å². The van der Waals surface area contributed by atoms with Crippen molar-refractivity contribution < 1.29 is 22.3 Å². The van der Waals surface area contributed by atoms with Gasteiger partial charge in [-0.25, -0.2) is 9.37 Å². The van der Waals surface area contributed by atoms with Crippen LogP contribution in [0.3, 0.4) is 0 Å². The van der Waals surface area contributed by atoms with E-state index in [1.165, 1.54) is 24.3 Å². The second-order valence-electron chi connectivity index (χ2n) is 10.3. The number of ether oxygens (including phenoxy) is 1. The minimum absolute atomic E-state index is 0.292. The first-order chi connectivity index (χ1) is 16.6. The average Bonchev–Trinajstić information content (AvgIpc) is 3.56. The van der Waals surface area contributed by atoms with Crippen molar-refractivity contribution in [2.45, 2.75) is 56.8 Å². The van der Waals surface area contributed by atoms with Crippen LogP contribution < -0.4 is 0 Å². The van der Waals surface area contributed by atoms with Gasteiger partial charge in [-0.3, -0.25) is 0 Å². The van der Waals surface area contributed by atoms with Gasteiger partial charge in [-0.2, -0.15) is 13.2 Å². The molecule has 0 N–H and O–H groups in total. The highest BCUT2D eigenvalue weighted by Crippen LogP contribution is 2.40. The van der Waals surface area contributed by atoms with E-state index in [1.54, 1.807) is 25.4 Å². The third-order valence-corrected chi connectivity index (χ3v) is 7.68. The molecule has 1 atom stereocenters. The van der Waals surface area contributed by atoms with E-state index in [0.717, 1.165) is 44.3 Å². The van der Waals surface area contributed by atoms with Crippen molar-refractivity contribution in [3.8, 4) is 0 Å². The van der Waals surface area contributed by atoms with Gasteiger partial charge in [0.25, 0.3) is 0 Å². The number of halogens is 4. The van der Waals surface area contributed by atoms with Gasteiger partial charge in [-0.1, -0.05) is 12.1 Å². The number of imidazole rings is 1. The van der Waals surface area contributed by atoms with Crippen molar-refractivity contribution >= 4 is 11.0 Å². The molecule has 1 saturated heterocycles. The number of rotatable bonds is 7. The minimum atomic E-state index is -4.46. The van der Waals surface area contributed by atoms with Crippen molar-refractivity contribution in [1.82, 2.24) is 14.5 Å². The number of benzene rings is 2. The molecule has 1 aliphatic heterocycles. The summed E-state index contributed by atoms with van der Waals surface area (Å²) in [4.78, 5) is 6.74. The highest BCUT2D eigenvalue weighted by Gasteiger charge is 2.37. The van der Waals surface area contributed by atoms with Crippen LogP contribution in [-0.4, -0.2) is 41.2 Å². The molecule has 188 valence electrons. The van der Waals surface area contributed by atoms with E-state index < -0.39 is 17.8 Å². The zero-order chi connectivity index (χ0) is 24.8. The van der Waals surface area contributed by atoms with E-state index in [0.29, 0.717) is 35.7 Å². The van der Waals surface area contributed by atoms with Crippen LogP contribution in [0.5, 0.6) is 0 Å². The van der Waals surface area contributed by atoms with Gasteiger partial charge < -0.3 is 14.2 Å². The summed E-state index contributed by atoms with van der Waals surface area (Å²) in [6.45, 7) is 4.56. The number of fused-ring (bicyclic) bond motifs is 1. The summed E-state index contributed by atoms with van der Waals surface area (Å²) in [6.07, 6.45) is 0.473. The Bertz CT molecular complexity index is 1180. The van der Waals surface area contributed by atoms with Crippen molar-refractivity contribution in [3.05, 3.63) is 65.2 Å². The highest BCUT2D eigenvalue weighted by molar-refractivity contribution is 5.80. The number of hydrogen-bond donors (Lipinski definition) is 0. The molecule has 8 heteroatoms. The van der Waals surface area contributed by atoms with Crippen LogP contribution in [0.1, 0.15) is 55.4 Å². The molecule has 35 heavy (non-hydrogen) atoms. The molecule has 1 saturated carbocycles. The van der Waals surface area contributed by atoms with Crippen molar-refractivity contribution in [1.29, 1.82) is 0 Å². The molecule has 2 heterocycles. The lowest BCUT2D eigenvalue weighted by Gasteiger charge is -2.41. The SMILES string of the molecule is C[C@@H](OCC1(c2ccc(F)cc2)CCN(C)CC1)c1cc(C(F)(F)F)cc2c1ncn2CC1CC1. The summed E-state index contributed by atoms with van der Waals surface area (Å²) in [6, 6.07) is 8.91. The molecule has 2 fully saturated rings. The zero-order valence-corrected chi connectivity index (χ0v) is 20.1. The van der Waals surface area contributed by atoms with Gasteiger partial charge in [-0.15, -0.1) is 0 Å². The average molecular weight is 490 g/mol. The molecular formula is C27H31F4N3O. The van der Waals surface area contributed by atoms with Crippen LogP contribution in [0.15, 0.2) is 42.7 Å². The van der Waals surface area contributed by atoms with E-state index in [-0.39, 0.29) is 11.2 Å². The molecule has 0 amide bonds. The van der Waals surface area contributed by atoms with Gasteiger partial charge in [0.2, 0.25) is 0 Å². The number of nitrogens with zero attached hydrogens (tertiary/aromatic N) is 3. The van der Waals surface area contributed by atoms with Crippen molar-refractivity contribution in [2.24, 2.45) is 5.92 Å². The van der Waals surface area contributed by atoms with Crippen LogP contribution in [0.2, 0.25) is 0 Å². The van der Waals surface area contributed by atoms with E-state index in [4.69, 9.17) is 4.74 Å². The minimum Gasteiger partial charge on any atom is -0.373 e. The predicted molar refractivity (Wildman–Crippen MR) is 127 cm³/mol. The maximum Gasteiger partial charge on any atom is 0.416 e. The lowest BCUT2D eigenvalue weighted by atomic mass is 9.73. The van der Waals surface area contributed by atoms with Crippen LogP contribution in [0, 0.1) is 11.7 Å². The molecule has 1 aromatic heterocycles.